The van der Waals surface area contributed by atoms with Gasteiger partial charge in [0.2, 0.25) is 0 Å². The van der Waals surface area contributed by atoms with Gasteiger partial charge in [-0.3, -0.25) is 0 Å². The fourth-order valence-electron chi connectivity index (χ4n) is 3.24. The SMILES string of the molecule is CC(C)[P+](Cc1ccccc1)(C(C)C)C(C)C. The van der Waals surface area contributed by atoms with Crippen LogP contribution in [0.3, 0.4) is 0 Å². The Morgan fingerprint density at radius 1 is 0.765 bits per heavy atom. The molecule has 0 spiro atoms. The Hall–Kier alpha value is -0.350. The quantitative estimate of drug-likeness (QED) is 0.612. The summed E-state index contributed by atoms with van der Waals surface area (Å²) in [6, 6.07) is 11.0. The molecule has 0 bridgehead atoms. The Morgan fingerprint density at radius 2 is 1.18 bits per heavy atom. The van der Waals surface area contributed by atoms with Crippen molar-refractivity contribution in [1.82, 2.24) is 0 Å². The van der Waals surface area contributed by atoms with Gasteiger partial charge in [-0.2, -0.15) is 0 Å². The molecule has 96 valence electrons. The normalized spacial score (nSPS) is 12.8. The second kappa shape index (κ2) is 6.01. The van der Waals surface area contributed by atoms with Gasteiger partial charge in [-0.15, -0.1) is 0 Å². The molecule has 0 aliphatic heterocycles. The van der Waals surface area contributed by atoms with Crippen molar-refractivity contribution in [3.63, 3.8) is 0 Å². The monoisotopic (exact) mass is 251 g/mol. The summed E-state index contributed by atoms with van der Waals surface area (Å²) in [6.07, 6.45) is 1.31. The summed E-state index contributed by atoms with van der Waals surface area (Å²) in [4.78, 5) is 0. The van der Waals surface area contributed by atoms with Gasteiger partial charge in [0.25, 0.3) is 0 Å². The summed E-state index contributed by atoms with van der Waals surface area (Å²) >= 11 is 0. The lowest BCUT2D eigenvalue weighted by atomic mass is 10.2. The average Bonchev–Trinajstić information content (AvgIpc) is 2.25. The van der Waals surface area contributed by atoms with Gasteiger partial charge in [-0.1, -0.05) is 30.3 Å². The summed E-state index contributed by atoms with van der Waals surface area (Å²) in [6.45, 7) is 14.6. The maximum atomic E-state index is 2.43. The molecular weight excluding hydrogens is 223 g/mol. The highest BCUT2D eigenvalue weighted by Gasteiger charge is 2.47. The molecule has 0 nitrogen and oxygen atoms in total. The molecule has 17 heavy (non-hydrogen) atoms. The minimum atomic E-state index is -0.934. The van der Waals surface area contributed by atoms with Crippen LogP contribution in [-0.2, 0) is 6.16 Å². The van der Waals surface area contributed by atoms with Crippen molar-refractivity contribution in [2.24, 2.45) is 0 Å². The molecule has 0 saturated heterocycles. The van der Waals surface area contributed by atoms with Crippen LogP contribution >= 0.6 is 7.26 Å². The topological polar surface area (TPSA) is 0 Å². The number of benzene rings is 1. The molecule has 1 rings (SSSR count). The molecule has 1 aromatic rings. The predicted octanol–water partition coefficient (Wildman–Crippen LogP) is 5.43. The van der Waals surface area contributed by atoms with E-state index in [0.717, 1.165) is 17.0 Å². The van der Waals surface area contributed by atoms with Crippen molar-refractivity contribution in [2.75, 3.05) is 0 Å². The zero-order valence-corrected chi connectivity index (χ0v) is 13.2. The lowest BCUT2D eigenvalue weighted by Crippen LogP contribution is -2.25. The Bertz CT molecular complexity index is 303. The largest absolute Gasteiger partial charge is 0.0850 e. The summed E-state index contributed by atoms with van der Waals surface area (Å²) in [5.74, 6) is 0. The highest BCUT2D eigenvalue weighted by atomic mass is 31.2. The zero-order valence-electron chi connectivity index (χ0n) is 12.3. The number of rotatable bonds is 5. The highest BCUT2D eigenvalue weighted by Crippen LogP contribution is 2.72. The van der Waals surface area contributed by atoms with Gasteiger partial charge in [-0.05, 0) is 47.1 Å². The molecule has 1 aromatic carbocycles. The Kier molecular flexibility index (Phi) is 5.20. The second-order valence-electron chi connectivity index (χ2n) is 5.92. The van der Waals surface area contributed by atoms with E-state index in [9.17, 15) is 0 Å². The maximum absolute atomic E-state index is 2.43. The van der Waals surface area contributed by atoms with Gasteiger partial charge in [0.05, 0.1) is 23.1 Å². The fourth-order valence-corrected chi connectivity index (χ4v) is 8.75. The van der Waals surface area contributed by atoms with Crippen LogP contribution in [0.5, 0.6) is 0 Å². The van der Waals surface area contributed by atoms with Crippen LogP contribution in [0.15, 0.2) is 30.3 Å². The molecule has 0 unspecified atom stereocenters. The van der Waals surface area contributed by atoms with Crippen LogP contribution in [0.2, 0.25) is 0 Å². The first kappa shape index (κ1) is 14.7. The summed E-state index contributed by atoms with van der Waals surface area (Å²) < 4.78 is 0. The second-order valence-corrected chi connectivity index (χ2v) is 11.3. The first-order valence-corrected chi connectivity index (χ1v) is 9.00. The molecule has 0 radical (unpaired) electrons. The number of hydrogen-bond acceptors (Lipinski definition) is 0. The van der Waals surface area contributed by atoms with Gasteiger partial charge < -0.3 is 0 Å². The lowest BCUT2D eigenvalue weighted by molar-refractivity contribution is 0.898. The molecule has 0 saturated carbocycles. The molecule has 0 amide bonds. The van der Waals surface area contributed by atoms with Gasteiger partial charge in [0.15, 0.2) is 0 Å². The fraction of sp³-hybridized carbons (Fsp3) is 0.625. The zero-order chi connectivity index (χ0) is 13.1. The van der Waals surface area contributed by atoms with Crippen molar-refractivity contribution in [1.29, 1.82) is 0 Å². The molecule has 0 atom stereocenters. The van der Waals surface area contributed by atoms with E-state index in [1.54, 1.807) is 0 Å². The molecule has 0 fully saturated rings. The maximum Gasteiger partial charge on any atom is 0.0850 e. The summed E-state index contributed by atoms with van der Waals surface area (Å²) in [5, 5.41) is 0. The molecule has 0 aliphatic carbocycles. The van der Waals surface area contributed by atoms with Crippen LogP contribution in [0.1, 0.15) is 47.1 Å². The van der Waals surface area contributed by atoms with E-state index in [1.807, 2.05) is 0 Å². The molecule has 1 heteroatoms. The van der Waals surface area contributed by atoms with Crippen molar-refractivity contribution < 1.29 is 0 Å². The summed E-state index contributed by atoms with van der Waals surface area (Å²) in [5.41, 5.74) is 3.99. The van der Waals surface area contributed by atoms with E-state index in [2.05, 4.69) is 71.9 Å². The molecular formula is C16H28P+. The molecule has 0 aromatic heterocycles. The smallest absolute Gasteiger partial charge is 0.0622 e. The lowest BCUT2D eigenvalue weighted by Gasteiger charge is -2.38. The minimum Gasteiger partial charge on any atom is -0.0622 e. The molecule has 0 N–H and O–H groups in total. The van der Waals surface area contributed by atoms with Crippen LogP contribution < -0.4 is 0 Å². The van der Waals surface area contributed by atoms with E-state index in [-0.39, 0.29) is 0 Å². The van der Waals surface area contributed by atoms with E-state index in [1.165, 1.54) is 11.7 Å². The van der Waals surface area contributed by atoms with E-state index < -0.39 is 7.26 Å². The van der Waals surface area contributed by atoms with Crippen LogP contribution in [0, 0.1) is 0 Å². The van der Waals surface area contributed by atoms with E-state index in [4.69, 9.17) is 0 Å². The highest BCUT2D eigenvalue weighted by molar-refractivity contribution is 7.77. The van der Waals surface area contributed by atoms with Gasteiger partial charge in [-0.25, -0.2) is 0 Å². The Labute approximate surface area is 108 Å². The Morgan fingerprint density at radius 3 is 1.53 bits per heavy atom. The van der Waals surface area contributed by atoms with Crippen LogP contribution in [0.4, 0.5) is 0 Å². The minimum absolute atomic E-state index is 0.822. The van der Waals surface area contributed by atoms with Crippen LogP contribution in [0.25, 0.3) is 0 Å². The third-order valence-corrected chi connectivity index (χ3v) is 10.9. The summed E-state index contributed by atoms with van der Waals surface area (Å²) in [7, 11) is -0.934. The molecule has 0 heterocycles. The van der Waals surface area contributed by atoms with Crippen molar-refractivity contribution >= 4 is 7.26 Å². The van der Waals surface area contributed by atoms with Crippen molar-refractivity contribution in [3.8, 4) is 0 Å². The van der Waals surface area contributed by atoms with E-state index in [0.29, 0.717) is 0 Å². The third-order valence-electron chi connectivity index (χ3n) is 4.18. The van der Waals surface area contributed by atoms with Gasteiger partial charge >= 0.3 is 0 Å². The third kappa shape index (κ3) is 3.10. The first-order chi connectivity index (χ1) is 7.91. The average molecular weight is 251 g/mol. The van der Waals surface area contributed by atoms with Crippen LogP contribution in [-0.4, -0.2) is 17.0 Å². The Balaban J connectivity index is 3.07. The van der Waals surface area contributed by atoms with Gasteiger partial charge in [0, 0.05) is 7.26 Å². The van der Waals surface area contributed by atoms with Crippen molar-refractivity contribution in [2.45, 2.75) is 64.7 Å². The standard InChI is InChI=1S/C16H28P/c1-13(2)17(14(3)4,15(5)6)12-16-10-8-7-9-11-16/h7-11,13-15H,12H2,1-6H3/q+1. The molecule has 0 aliphatic rings. The van der Waals surface area contributed by atoms with Gasteiger partial charge in [0.1, 0.15) is 0 Å². The predicted molar refractivity (Wildman–Crippen MR) is 82.5 cm³/mol. The number of hydrogen-bond donors (Lipinski definition) is 0. The first-order valence-electron chi connectivity index (χ1n) is 6.82. The van der Waals surface area contributed by atoms with E-state index >= 15 is 0 Å². The van der Waals surface area contributed by atoms with Crippen molar-refractivity contribution in [3.05, 3.63) is 35.9 Å².